The smallest absolute Gasteiger partial charge is 0.295 e. The first-order valence-electron chi connectivity index (χ1n) is 11.1. The van der Waals surface area contributed by atoms with E-state index in [4.69, 9.17) is 16.0 Å². The van der Waals surface area contributed by atoms with Crippen LogP contribution in [0.4, 0.5) is 17.1 Å². The maximum Gasteiger partial charge on any atom is 0.295 e. The van der Waals surface area contributed by atoms with Gasteiger partial charge < -0.3 is 9.32 Å². The highest BCUT2D eigenvalue weighted by molar-refractivity contribution is 7.93. The first-order chi connectivity index (χ1) is 17.5. The van der Waals surface area contributed by atoms with Gasteiger partial charge in [0.05, 0.1) is 16.3 Å². The van der Waals surface area contributed by atoms with Crippen LogP contribution in [0.25, 0.3) is 21.7 Å². The molecular weight excluding hydrogens is 534 g/mol. The molecule has 0 saturated carbocycles. The van der Waals surface area contributed by atoms with Crippen molar-refractivity contribution in [1.29, 1.82) is 0 Å². The second-order valence-electron chi connectivity index (χ2n) is 8.59. The quantitative estimate of drug-likeness (QED) is 0.258. The zero-order valence-electron chi connectivity index (χ0n) is 19.8. The van der Waals surface area contributed by atoms with Gasteiger partial charge >= 0.3 is 0 Å². The Balaban J connectivity index is 1.47. The first-order valence-corrected chi connectivity index (χ1v) is 14.4. The number of sulfonamides is 2. The summed E-state index contributed by atoms with van der Waals surface area (Å²) < 4.78 is 63.0. The Morgan fingerprint density at radius 1 is 0.703 bits per heavy atom. The fourth-order valence-corrected chi connectivity index (χ4v) is 6.16. The lowest BCUT2D eigenvalue weighted by Gasteiger charge is -2.15. The van der Waals surface area contributed by atoms with E-state index in [2.05, 4.69) is 9.44 Å². The van der Waals surface area contributed by atoms with E-state index in [0.717, 1.165) is 16.5 Å². The van der Waals surface area contributed by atoms with Gasteiger partial charge in [0.1, 0.15) is 5.58 Å². The van der Waals surface area contributed by atoms with Crippen LogP contribution in [0.5, 0.6) is 0 Å². The topological polar surface area (TPSA) is 109 Å². The summed E-state index contributed by atoms with van der Waals surface area (Å²) in [6.45, 7) is 0. The number of rotatable bonds is 7. The van der Waals surface area contributed by atoms with Crippen LogP contribution in [0, 0.1) is 0 Å². The third-order valence-corrected chi connectivity index (χ3v) is 8.58. The van der Waals surface area contributed by atoms with Gasteiger partial charge in [-0.1, -0.05) is 41.9 Å². The maximum atomic E-state index is 13.3. The Labute approximate surface area is 219 Å². The van der Waals surface area contributed by atoms with E-state index in [9.17, 15) is 16.8 Å². The van der Waals surface area contributed by atoms with Crippen LogP contribution in [0.3, 0.4) is 0 Å². The molecule has 0 spiro atoms. The van der Waals surface area contributed by atoms with Gasteiger partial charge in [-0.05, 0) is 59.3 Å². The summed E-state index contributed by atoms with van der Waals surface area (Å²) in [6, 6.07) is 22.9. The van der Waals surface area contributed by atoms with E-state index in [1.54, 1.807) is 36.4 Å². The molecule has 37 heavy (non-hydrogen) atoms. The number of nitrogens with zero attached hydrogens (tertiary/aromatic N) is 1. The van der Waals surface area contributed by atoms with Crippen molar-refractivity contribution in [2.24, 2.45) is 0 Å². The zero-order valence-corrected chi connectivity index (χ0v) is 22.2. The summed E-state index contributed by atoms with van der Waals surface area (Å²) in [7, 11) is -4.40. The molecule has 0 atom stereocenters. The normalized spacial score (nSPS) is 12.1. The Morgan fingerprint density at radius 2 is 1.41 bits per heavy atom. The fraction of sp³-hybridized carbons (Fsp3) is 0.0769. The van der Waals surface area contributed by atoms with Gasteiger partial charge in [0.15, 0.2) is 0 Å². The summed E-state index contributed by atoms with van der Waals surface area (Å²) in [5, 5.41) is 2.15. The molecule has 0 radical (unpaired) electrons. The highest BCUT2D eigenvalue weighted by Gasteiger charge is 2.23. The van der Waals surface area contributed by atoms with Crippen LogP contribution < -0.4 is 14.3 Å². The van der Waals surface area contributed by atoms with Crippen molar-refractivity contribution in [2.45, 2.75) is 9.99 Å². The van der Waals surface area contributed by atoms with Crippen LogP contribution in [0.15, 0.2) is 99.3 Å². The van der Waals surface area contributed by atoms with Crippen molar-refractivity contribution in [2.75, 3.05) is 28.4 Å². The van der Waals surface area contributed by atoms with Gasteiger partial charge in [0.2, 0.25) is 5.09 Å². The Hall–Kier alpha value is -3.73. The molecule has 0 aliphatic rings. The third-order valence-electron chi connectivity index (χ3n) is 5.76. The van der Waals surface area contributed by atoms with E-state index < -0.39 is 20.0 Å². The van der Waals surface area contributed by atoms with Gasteiger partial charge in [0, 0.05) is 36.3 Å². The van der Waals surface area contributed by atoms with Crippen LogP contribution in [-0.4, -0.2) is 30.9 Å². The average molecular weight is 556 g/mol. The minimum atomic E-state index is -4.19. The monoisotopic (exact) mass is 555 g/mol. The predicted molar refractivity (Wildman–Crippen MR) is 148 cm³/mol. The summed E-state index contributed by atoms with van der Waals surface area (Å²) >= 11 is 6.11. The summed E-state index contributed by atoms with van der Waals surface area (Å²) in [5.74, 6) is 0. The standard InChI is InChI=1S/C26H22ClN3O5S2/c1-30(2)21-10-7-18-14-22(11-8-17(18)13-21)36(31,32)28-23-12-9-20(27)16-24(23)29-37(33,34)26-15-19-5-3-4-6-25(19)35-26/h3-16,28-29H,1-2H3. The fourth-order valence-electron chi connectivity index (χ4n) is 3.84. The van der Waals surface area contributed by atoms with E-state index in [-0.39, 0.29) is 26.4 Å². The lowest BCUT2D eigenvalue weighted by Crippen LogP contribution is -2.17. The van der Waals surface area contributed by atoms with Crippen molar-refractivity contribution in [1.82, 2.24) is 0 Å². The van der Waals surface area contributed by atoms with Crippen molar-refractivity contribution in [3.05, 3.63) is 90.0 Å². The first kappa shape index (κ1) is 24.9. The van der Waals surface area contributed by atoms with Gasteiger partial charge in [-0.2, -0.15) is 8.42 Å². The van der Waals surface area contributed by atoms with Crippen molar-refractivity contribution >= 4 is 70.5 Å². The number of halogens is 1. The molecule has 0 bridgehead atoms. The van der Waals surface area contributed by atoms with Crippen LogP contribution >= 0.6 is 11.6 Å². The molecule has 4 aromatic carbocycles. The number of para-hydroxylation sites is 1. The van der Waals surface area contributed by atoms with Gasteiger partial charge in [-0.25, -0.2) is 8.42 Å². The van der Waals surface area contributed by atoms with E-state index in [0.29, 0.717) is 11.0 Å². The van der Waals surface area contributed by atoms with Crippen LogP contribution in [0.1, 0.15) is 0 Å². The number of hydrogen-bond donors (Lipinski definition) is 2. The van der Waals surface area contributed by atoms with Crippen molar-refractivity contribution < 1.29 is 21.3 Å². The number of anilines is 3. The molecule has 0 fully saturated rings. The SMILES string of the molecule is CN(C)c1ccc2cc(S(=O)(=O)Nc3ccc(Cl)cc3NS(=O)(=O)c3cc4ccccc4o3)ccc2c1. The number of furan rings is 1. The molecule has 0 aliphatic carbocycles. The molecule has 5 rings (SSSR count). The lowest BCUT2D eigenvalue weighted by molar-refractivity contribution is 0.484. The molecule has 8 nitrogen and oxygen atoms in total. The molecular formula is C26H22ClN3O5S2. The minimum absolute atomic E-state index is 0.00661. The number of hydrogen-bond acceptors (Lipinski definition) is 6. The van der Waals surface area contributed by atoms with Crippen LogP contribution in [0.2, 0.25) is 5.02 Å². The highest BCUT2D eigenvalue weighted by Crippen LogP contribution is 2.32. The molecule has 2 N–H and O–H groups in total. The number of benzene rings is 4. The van der Waals surface area contributed by atoms with Crippen molar-refractivity contribution in [3.8, 4) is 0 Å². The highest BCUT2D eigenvalue weighted by atomic mass is 35.5. The largest absolute Gasteiger partial charge is 0.443 e. The Morgan fingerprint density at radius 3 is 2.16 bits per heavy atom. The molecule has 0 saturated heterocycles. The van der Waals surface area contributed by atoms with E-state index >= 15 is 0 Å². The average Bonchev–Trinajstić information content (AvgIpc) is 3.30. The molecule has 0 amide bonds. The second-order valence-corrected chi connectivity index (χ2v) is 12.3. The molecule has 0 unspecified atom stereocenters. The van der Waals surface area contributed by atoms with E-state index in [1.807, 2.05) is 37.2 Å². The molecule has 1 heterocycles. The summed E-state index contributed by atoms with van der Waals surface area (Å²) in [5.41, 5.74) is 1.35. The van der Waals surface area contributed by atoms with Gasteiger partial charge in [0.25, 0.3) is 20.0 Å². The van der Waals surface area contributed by atoms with Gasteiger partial charge in [-0.15, -0.1) is 0 Å². The Bertz CT molecular complexity index is 1830. The lowest BCUT2D eigenvalue weighted by atomic mass is 10.1. The summed E-state index contributed by atoms with van der Waals surface area (Å²) in [4.78, 5) is 1.98. The molecule has 11 heteroatoms. The Kier molecular flexibility index (Phi) is 6.26. The third kappa shape index (κ3) is 5.08. The molecule has 1 aromatic heterocycles. The molecule has 190 valence electrons. The van der Waals surface area contributed by atoms with Crippen molar-refractivity contribution in [3.63, 3.8) is 0 Å². The second kappa shape index (κ2) is 9.29. The van der Waals surface area contributed by atoms with Gasteiger partial charge in [-0.3, -0.25) is 9.44 Å². The zero-order chi connectivity index (χ0) is 26.4. The van der Waals surface area contributed by atoms with Crippen LogP contribution in [-0.2, 0) is 20.0 Å². The number of fused-ring (bicyclic) bond motifs is 2. The minimum Gasteiger partial charge on any atom is -0.443 e. The molecule has 5 aromatic rings. The van der Waals surface area contributed by atoms with E-state index in [1.165, 1.54) is 30.3 Å². The predicted octanol–water partition coefficient (Wildman–Crippen LogP) is 5.91. The molecule has 0 aliphatic heterocycles. The summed E-state index contributed by atoms with van der Waals surface area (Å²) in [6.07, 6.45) is 0. The number of nitrogens with one attached hydrogen (secondary N) is 2. The maximum absolute atomic E-state index is 13.3.